The molecule has 1 heterocycles. The average molecular weight is 761 g/mol. The number of carbonyl (C=O) groups excluding carboxylic acids is 4. The second-order valence-corrected chi connectivity index (χ2v) is 14.4. The molecule has 292 valence electrons. The Hall–Kier alpha value is -4.42. The van der Waals surface area contributed by atoms with Gasteiger partial charge in [0.1, 0.15) is 43.1 Å². The third kappa shape index (κ3) is 12.0. The molecule has 4 amide bonds. The lowest BCUT2D eigenvalue weighted by Gasteiger charge is -2.33. The maximum atomic E-state index is 14.3. The Morgan fingerprint density at radius 1 is 1.11 bits per heavy atom. The van der Waals surface area contributed by atoms with Crippen molar-refractivity contribution in [3.63, 3.8) is 0 Å². The summed E-state index contributed by atoms with van der Waals surface area (Å²) in [4.78, 5) is 56.2. The minimum absolute atomic E-state index is 0.0402. The maximum Gasteiger partial charge on any atom is 0.248 e. The number of rotatable bonds is 17. The highest BCUT2D eigenvalue weighted by Gasteiger charge is 2.37. The number of nitrogens with zero attached hydrogens (tertiary/aromatic N) is 2. The predicted molar refractivity (Wildman–Crippen MR) is 197 cm³/mol. The number of allylic oxidation sites excluding steroid dienone is 1. The van der Waals surface area contributed by atoms with E-state index in [1.807, 2.05) is 18.2 Å². The zero-order chi connectivity index (χ0) is 39.1. The third-order valence-corrected chi connectivity index (χ3v) is 9.96. The Morgan fingerprint density at radius 2 is 1.85 bits per heavy atom. The van der Waals surface area contributed by atoms with E-state index in [1.165, 1.54) is 14.0 Å². The molecule has 0 saturated heterocycles. The second-order valence-electron chi connectivity index (χ2n) is 12.5. The number of nitriles is 1. The molecule has 5 atom stereocenters. The second kappa shape index (κ2) is 20.7. The summed E-state index contributed by atoms with van der Waals surface area (Å²) in [6.45, 7) is 2.02. The van der Waals surface area contributed by atoms with Crippen molar-refractivity contribution < 1.29 is 37.1 Å². The van der Waals surface area contributed by atoms with Gasteiger partial charge in [-0.2, -0.15) is 5.26 Å². The van der Waals surface area contributed by atoms with Gasteiger partial charge in [0, 0.05) is 38.7 Å². The van der Waals surface area contributed by atoms with E-state index in [4.69, 9.17) is 31.9 Å². The Morgan fingerprint density at radius 3 is 2.51 bits per heavy atom. The molecule has 0 radical (unpaired) electrons. The Balaban J connectivity index is 2.25. The molecule has 2 aliphatic rings. The topological polar surface area (TPSA) is 286 Å². The van der Waals surface area contributed by atoms with Gasteiger partial charge in [-0.1, -0.05) is 18.2 Å². The zero-order valence-corrected chi connectivity index (χ0v) is 31.2. The number of hydrogen-bond acceptors (Lipinski definition) is 13. The first kappa shape index (κ1) is 43.0. The average Bonchev–Trinajstić information content (AvgIpc) is 3.13. The molecule has 3 rings (SSSR count). The number of benzene rings is 1. The standard InChI is InChI=1S/C34H52N10O8S/c1-21-31(45)42-27(32(46)40-13-10-36)19-22-4-6-28(51-15-11-37)24(18-22)25-20-23(5-7-29(25)52-16-12-38)30(33(47)41-21)44(3)34(48)26(8-9-35)43-53(49,50)17-14-39-2/h4-5,7,18,20-21,26-28,30,39,43H,6,8-9,11-17,19,35,37-38H2,1-3H3,(H,40,46)(H,41,47)(H,42,45)/t21-,26-,27-,28?,30-/m0/s1. The van der Waals surface area contributed by atoms with Crippen LogP contribution in [0.3, 0.4) is 0 Å². The molecular weight excluding hydrogens is 709 g/mol. The molecule has 18 nitrogen and oxygen atoms in total. The number of likely N-dealkylation sites (N-methyl/N-ethyl adjacent to an activating group) is 1. The number of carbonyl (C=O) groups is 4. The molecule has 1 aliphatic heterocycles. The van der Waals surface area contributed by atoms with Crippen LogP contribution < -0.4 is 47.9 Å². The van der Waals surface area contributed by atoms with E-state index in [0.29, 0.717) is 34.4 Å². The van der Waals surface area contributed by atoms with Crippen LogP contribution in [0.25, 0.3) is 5.57 Å². The maximum absolute atomic E-state index is 14.3. The van der Waals surface area contributed by atoms with Gasteiger partial charge in [0.15, 0.2) is 0 Å². The lowest BCUT2D eigenvalue weighted by molar-refractivity contribution is -0.141. The van der Waals surface area contributed by atoms with Gasteiger partial charge in [0.05, 0.1) is 24.5 Å². The van der Waals surface area contributed by atoms with Crippen molar-refractivity contribution >= 4 is 39.2 Å². The molecule has 19 heteroatoms. The quantitative estimate of drug-likeness (QED) is 0.0762. The Kier molecular flexibility index (Phi) is 16.8. The van der Waals surface area contributed by atoms with Gasteiger partial charge in [-0.05, 0) is 62.2 Å². The van der Waals surface area contributed by atoms with Crippen molar-refractivity contribution in [1.82, 2.24) is 30.9 Å². The van der Waals surface area contributed by atoms with E-state index in [-0.39, 0.29) is 64.5 Å². The van der Waals surface area contributed by atoms with E-state index in [1.54, 1.807) is 25.2 Å². The SMILES string of the molecule is CNCCS(=O)(=O)N[C@@H](CCN)C(=O)N(C)[C@@H]1C(=O)N[C@@H](C)C(=O)N[C@H](C(=O)NCC#N)CC2=CCC(OCCN)C(=C2)c2cc1ccc2OCCN. The van der Waals surface area contributed by atoms with Crippen LogP contribution in [-0.4, -0.2) is 127 Å². The van der Waals surface area contributed by atoms with Crippen molar-refractivity contribution in [3.05, 3.63) is 47.1 Å². The highest BCUT2D eigenvalue weighted by Crippen LogP contribution is 2.38. The van der Waals surface area contributed by atoms with Crippen LogP contribution in [0, 0.1) is 11.3 Å². The lowest BCUT2D eigenvalue weighted by atomic mass is 9.86. The van der Waals surface area contributed by atoms with Gasteiger partial charge in [0.25, 0.3) is 0 Å². The van der Waals surface area contributed by atoms with Crippen molar-refractivity contribution in [3.8, 4) is 11.8 Å². The molecule has 1 aliphatic carbocycles. The summed E-state index contributed by atoms with van der Waals surface area (Å²) in [5, 5.41) is 19.6. The van der Waals surface area contributed by atoms with Crippen molar-refractivity contribution in [1.29, 1.82) is 5.26 Å². The van der Waals surface area contributed by atoms with E-state index in [9.17, 15) is 27.6 Å². The molecular formula is C34H52N10O8S. The Bertz CT molecular complexity index is 1680. The molecule has 4 bridgehead atoms. The highest BCUT2D eigenvalue weighted by molar-refractivity contribution is 7.89. The normalized spacial score (nSPS) is 21.1. The van der Waals surface area contributed by atoms with Crippen molar-refractivity contribution in [2.24, 2.45) is 17.2 Å². The molecule has 0 saturated carbocycles. The first-order valence-electron chi connectivity index (χ1n) is 17.4. The number of amides is 4. The van der Waals surface area contributed by atoms with Crippen LogP contribution in [0.5, 0.6) is 5.75 Å². The van der Waals surface area contributed by atoms with Gasteiger partial charge in [-0.25, -0.2) is 13.1 Å². The number of nitrogens with two attached hydrogens (primary N) is 3. The summed E-state index contributed by atoms with van der Waals surface area (Å²) in [5.41, 5.74) is 19.5. The van der Waals surface area contributed by atoms with Gasteiger partial charge in [-0.3, -0.25) is 19.2 Å². The summed E-state index contributed by atoms with van der Waals surface area (Å²) >= 11 is 0. The van der Waals surface area contributed by atoms with Crippen LogP contribution in [0.2, 0.25) is 0 Å². The molecule has 53 heavy (non-hydrogen) atoms. The fraction of sp³-hybridized carbons (Fsp3) is 0.559. The fourth-order valence-electron chi connectivity index (χ4n) is 5.92. The summed E-state index contributed by atoms with van der Waals surface area (Å²) in [5.74, 6) is -2.73. The monoisotopic (exact) mass is 760 g/mol. The van der Waals surface area contributed by atoms with Crippen molar-refractivity contribution in [2.75, 3.05) is 65.8 Å². The fourth-order valence-corrected chi connectivity index (χ4v) is 7.16. The van der Waals surface area contributed by atoms with Gasteiger partial charge in [-0.15, -0.1) is 0 Å². The van der Waals surface area contributed by atoms with Gasteiger partial charge in [0.2, 0.25) is 33.7 Å². The summed E-state index contributed by atoms with van der Waals surface area (Å²) in [6.07, 6.45) is 3.49. The number of nitrogens with one attached hydrogen (secondary N) is 5. The molecule has 1 aromatic carbocycles. The lowest BCUT2D eigenvalue weighted by Crippen LogP contribution is -2.55. The number of ether oxygens (including phenoxy) is 2. The van der Waals surface area contributed by atoms with Gasteiger partial charge >= 0.3 is 0 Å². The summed E-state index contributed by atoms with van der Waals surface area (Å²) < 4.78 is 40.3. The third-order valence-electron chi connectivity index (χ3n) is 8.57. The number of hydrogen-bond donors (Lipinski definition) is 8. The highest BCUT2D eigenvalue weighted by atomic mass is 32.2. The first-order valence-corrected chi connectivity index (χ1v) is 19.0. The van der Waals surface area contributed by atoms with E-state index in [0.717, 1.165) is 4.90 Å². The van der Waals surface area contributed by atoms with E-state index < -0.39 is 63.9 Å². The number of fused-ring (bicyclic) bond motifs is 4. The minimum Gasteiger partial charge on any atom is -0.492 e. The molecule has 0 spiro atoms. The van der Waals surface area contributed by atoms with E-state index in [2.05, 4.69) is 26.0 Å². The van der Waals surface area contributed by atoms with Crippen LogP contribution in [0.1, 0.15) is 43.4 Å². The van der Waals surface area contributed by atoms with Crippen LogP contribution >= 0.6 is 0 Å². The molecule has 1 aromatic rings. The Labute approximate surface area is 310 Å². The summed E-state index contributed by atoms with van der Waals surface area (Å²) in [7, 11) is -0.988. The van der Waals surface area contributed by atoms with Crippen molar-refractivity contribution in [2.45, 2.75) is 56.5 Å². The van der Waals surface area contributed by atoms with E-state index >= 15 is 0 Å². The van der Waals surface area contributed by atoms with Crippen LogP contribution in [0.15, 0.2) is 35.9 Å². The van der Waals surface area contributed by atoms with Crippen LogP contribution in [-0.2, 0) is 33.9 Å². The summed E-state index contributed by atoms with van der Waals surface area (Å²) in [6, 6.07) is 1.72. The zero-order valence-electron chi connectivity index (χ0n) is 30.4. The smallest absolute Gasteiger partial charge is 0.248 e. The minimum atomic E-state index is -3.94. The first-order chi connectivity index (χ1) is 25.3. The van der Waals surface area contributed by atoms with Crippen LogP contribution in [0.4, 0.5) is 0 Å². The largest absolute Gasteiger partial charge is 0.492 e. The molecule has 1 unspecified atom stereocenters. The molecule has 0 fully saturated rings. The predicted octanol–water partition coefficient (Wildman–Crippen LogP) is -2.53. The number of sulfonamides is 1. The molecule has 0 aromatic heterocycles. The van der Waals surface area contributed by atoms with Gasteiger partial charge < -0.3 is 52.8 Å². The molecule has 11 N–H and O–H groups in total.